The summed E-state index contributed by atoms with van der Waals surface area (Å²) in [6.07, 6.45) is 0. The van der Waals surface area contributed by atoms with Crippen molar-refractivity contribution in [2.24, 2.45) is 0 Å². The van der Waals surface area contributed by atoms with E-state index in [0.717, 1.165) is 16.0 Å². The molecule has 0 aliphatic rings. The Labute approximate surface area is 129 Å². The average Bonchev–Trinajstić information content (AvgIpc) is 2.90. The molecule has 7 heteroatoms. The van der Waals surface area contributed by atoms with E-state index in [4.69, 9.17) is 4.74 Å². The lowest BCUT2D eigenvalue weighted by molar-refractivity contribution is 0.102. The number of aromatic nitrogens is 2. The first kappa shape index (κ1) is 14.9. The lowest BCUT2D eigenvalue weighted by Crippen LogP contribution is -2.13. The van der Waals surface area contributed by atoms with E-state index < -0.39 is 0 Å². The molecule has 1 N–H and O–H groups in total. The number of halogens is 1. The highest BCUT2D eigenvalue weighted by Crippen LogP contribution is 2.28. The number of benzene rings is 1. The fourth-order valence-electron chi connectivity index (χ4n) is 1.64. The molecule has 0 aliphatic carbocycles. The zero-order valence-electron chi connectivity index (χ0n) is 11.3. The number of amides is 1. The molecule has 1 amide bonds. The van der Waals surface area contributed by atoms with Crippen LogP contribution in [0.2, 0.25) is 0 Å². The first-order chi connectivity index (χ1) is 9.52. The molecule has 1 heterocycles. The van der Waals surface area contributed by atoms with Crippen molar-refractivity contribution in [1.29, 1.82) is 0 Å². The molecule has 2 aromatic rings. The predicted molar refractivity (Wildman–Crippen MR) is 82.6 cm³/mol. The summed E-state index contributed by atoms with van der Waals surface area (Å²) in [7, 11) is 1.58. The molecule has 0 spiro atoms. The maximum atomic E-state index is 12.3. The van der Waals surface area contributed by atoms with Crippen molar-refractivity contribution in [2.75, 3.05) is 12.4 Å². The summed E-state index contributed by atoms with van der Waals surface area (Å²) in [4.78, 5) is 12.8. The summed E-state index contributed by atoms with van der Waals surface area (Å²) in [6, 6.07) is 5.39. The van der Waals surface area contributed by atoms with Crippen LogP contribution in [0, 0.1) is 0 Å². The van der Waals surface area contributed by atoms with Crippen molar-refractivity contribution in [2.45, 2.75) is 19.8 Å². The fraction of sp³-hybridized carbons (Fsp3) is 0.308. The molecule has 0 atom stereocenters. The zero-order chi connectivity index (χ0) is 14.7. The zero-order valence-corrected chi connectivity index (χ0v) is 13.7. The molecule has 106 valence electrons. The standard InChI is InChI=1S/C13H14BrN3O2S/c1-7(2)11-12(20-17-16-11)13(18)15-10-6-8(19-3)4-5-9(10)14/h4-7H,1-3H3,(H,15,18). The van der Waals surface area contributed by atoms with Crippen LogP contribution in [0.15, 0.2) is 22.7 Å². The Kier molecular flexibility index (Phi) is 4.72. The summed E-state index contributed by atoms with van der Waals surface area (Å²) in [6.45, 7) is 3.96. The number of ether oxygens (including phenoxy) is 1. The second-order valence-corrected chi connectivity index (χ2v) is 6.05. The van der Waals surface area contributed by atoms with E-state index in [9.17, 15) is 4.79 Å². The van der Waals surface area contributed by atoms with E-state index in [1.54, 1.807) is 13.2 Å². The van der Waals surface area contributed by atoms with Gasteiger partial charge in [-0.2, -0.15) is 0 Å². The van der Waals surface area contributed by atoms with Gasteiger partial charge < -0.3 is 10.1 Å². The predicted octanol–water partition coefficient (Wildman–Crippen LogP) is 3.68. The van der Waals surface area contributed by atoms with Gasteiger partial charge in [-0.1, -0.05) is 18.3 Å². The van der Waals surface area contributed by atoms with Crippen LogP contribution in [-0.4, -0.2) is 22.6 Å². The summed E-state index contributed by atoms with van der Waals surface area (Å²) in [5.74, 6) is 0.621. The Balaban J connectivity index is 2.25. The van der Waals surface area contributed by atoms with Crippen LogP contribution in [-0.2, 0) is 0 Å². The third-order valence-corrected chi connectivity index (χ3v) is 4.12. The lowest BCUT2D eigenvalue weighted by Gasteiger charge is -2.09. The molecule has 0 bridgehead atoms. The number of carbonyl (C=O) groups excluding carboxylic acids is 1. The number of methoxy groups -OCH3 is 1. The highest BCUT2D eigenvalue weighted by molar-refractivity contribution is 9.10. The maximum Gasteiger partial charge on any atom is 0.269 e. The van der Waals surface area contributed by atoms with Crippen LogP contribution in [0.25, 0.3) is 0 Å². The topological polar surface area (TPSA) is 64.1 Å². The van der Waals surface area contributed by atoms with E-state index in [1.807, 2.05) is 26.0 Å². The number of hydrogen-bond donors (Lipinski definition) is 1. The number of anilines is 1. The van der Waals surface area contributed by atoms with Crippen LogP contribution in [0.4, 0.5) is 5.69 Å². The minimum absolute atomic E-state index is 0.156. The van der Waals surface area contributed by atoms with Gasteiger partial charge in [0.25, 0.3) is 5.91 Å². The van der Waals surface area contributed by atoms with Crippen LogP contribution in [0.1, 0.15) is 35.1 Å². The quantitative estimate of drug-likeness (QED) is 0.908. The molecule has 1 aromatic heterocycles. The molecule has 0 saturated carbocycles. The van der Waals surface area contributed by atoms with Crippen molar-refractivity contribution in [3.05, 3.63) is 33.2 Å². The lowest BCUT2D eigenvalue weighted by atomic mass is 10.1. The van der Waals surface area contributed by atoms with Crippen molar-refractivity contribution in [3.8, 4) is 5.75 Å². The van der Waals surface area contributed by atoms with E-state index in [-0.39, 0.29) is 11.8 Å². The van der Waals surface area contributed by atoms with Crippen LogP contribution in [0.3, 0.4) is 0 Å². The third-order valence-electron chi connectivity index (χ3n) is 2.69. The van der Waals surface area contributed by atoms with Gasteiger partial charge in [-0.15, -0.1) is 5.10 Å². The Hall–Kier alpha value is -1.47. The van der Waals surface area contributed by atoms with Crippen LogP contribution in [0.5, 0.6) is 5.75 Å². The summed E-state index contributed by atoms with van der Waals surface area (Å²) < 4.78 is 9.79. The molecule has 0 fully saturated rings. The number of rotatable bonds is 4. The number of hydrogen-bond acceptors (Lipinski definition) is 5. The fourth-order valence-corrected chi connectivity index (χ4v) is 2.70. The van der Waals surface area contributed by atoms with E-state index in [1.165, 1.54) is 0 Å². The Morgan fingerprint density at radius 2 is 2.20 bits per heavy atom. The molecule has 0 radical (unpaired) electrons. The van der Waals surface area contributed by atoms with Gasteiger partial charge in [0.15, 0.2) is 0 Å². The highest BCUT2D eigenvalue weighted by Gasteiger charge is 2.19. The van der Waals surface area contributed by atoms with Crippen molar-refractivity contribution >= 4 is 39.1 Å². The largest absolute Gasteiger partial charge is 0.497 e. The second kappa shape index (κ2) is 6.32. The van der Waals surface area contributed by atoms with Gasteiger partial charge in [0.2, 0.25) is 0 Å². The van der Waals surface area contributed by atoms with Crippen LogP contribution < -0.4 is 10.1 Å². The minimum Gasteiger partial charge on any atom is -0.497 e. The van der Waals surface area contributed by atoms with Gasteiger partial charge in [0.1, 0.15) is 10.6 Å². The van der Waals surface area contributed by atoms with Gasteiger partial charge in [-0.05, 0) is 45.5 Å². The Morgan fingerprint density at radius 1 is 1.45 bits per heavy atom. The molecule has 0 aliphatic heterocycles. The summed E-state index contributed by atoms with van der Waals surface area (Å²) in [5, 5.41) is 6.85. The van der Waals surface area contributed by atoms with Crippen molar-refractivity contribution in [1.82, 2.24) is 9.59 Å². The molecule has 20 heavy (non-hydrogen) atoms. The molecular weight excluding hydrogens is 342 g/mol. The van der Waals surface area contributed by atoms with E-state index in [2.05, 4.69) is 30.8 Å². The van der Waals surface area contributed by atoms with E-state index >= 15 is 0 Å². The monoisotopic (exact) mass is 355 g/mol. The molecule has 1 aromatic carbocycles. The SMILES string of the molecule is COc1ccc(Br)c(NC(=O)c2snnc2C(C)C)c1. The molecule has 5 nitrogen and oxygen atoms in total. The molecule has 0 unspecified atom stereocenters. The van der Waals surface area contributed by atoms with Crippen molar-refractivity contribution < 1.29 is 9.53 Å². The third kappa shape index (κ3) is 3.16. The first-order valence-electron chi connectivity index (χ1n) is 6.00. The highest BCUT2D eigenvalue weighted by atomic mass is 79.9. The maximum absolute atomic E-state index is 12.3. The van der Waals surface area contributed by atoms with E-state index in [0.29, 0.717) is 22.0 Å². The molecule has 2 rings (SSSR count). The molecule has 0 saturated heterocycles. The number of nitrogens with one attached hydrogen (secondary N) is 1. The van der Waals surface area contributed by atoms with Gasteiger partial charge >= 0.3 is 0 Å². The van der Waals surface area contributed by atoms with Gasteiger partial charge in [-0.3, -0.25) is 4.79 Å². The normalized spacial score (nSPS) is 10.7. The average molecular weight is 356 g/mol. The summed E-state index contributed by atoms with van der Waals surface area (Å²) >= 11 is 4.50. The van der Waals surface area contributed by atoms with Crippen LogP contribution >= 0.6 is 27.5 Å². The number of nitrogens with zero attached hydrogens (tertiary/aromatic N) is 2. The van der Waals surface area contributed by atoms with Gasteiger partial charge in [-0.25, -0.2) is 0 Å². The first-order valence-corrected chi connectivity index (χ1v) is 7.56. The van der Waals surface area contributed by atoms with Gasteiger partial charge in [0, 0.05) is 10.5 Å². The van der Waals surface area contributed by atoms with Crippen molar-refractivity contribution in [3.63, 3.8) is 0 Å². The minimum atomic E-state index is -0.211. The second-order valence-electron chi connectivity index (χ2n) is 4.44. The smallest absolute Gasteiger partial charge is 0.269 e. The van der Waals surface area contributed by atoms with Gasteiger partial charge in [0.05, 0.1) is 18.5 Å². The summed E-state index contributed by atoms with van der Waals surface area (Å²) in [5.41, 5.74) is 1.36. The molecular formula is C13H14BrN3O2S. The Bertz CT molecular complexity index is 628. The number of carbonyl (C=O) groups is 1. The Morgan fingerprint density at radius 3 is 2.85 bits per heavy atom.